The first kappa shape index (κ1) is 125. The summed E-state index contributed by atoms with van der Waals surface area (Å²) < 4.78 is 82.4. The number of carbonyl (C=O) groups is 6. The highest BCUT2D eigenvalue weighted by molar-refractivity contribution is 7.52. The van der Waals surface area contributed by atoms with Crippen molar-refractivity contribution >= 4 is 68.6 Å². The number of aromatic amines is 2. The zero-order chi connectivity index (χ0) is 104. The number of aromatic nitrogens is 4. The summed E-state index contributed by atoms with van der Waals surface area (Å²) in [7, 11) is -6.80. The van der Waals surface area contributed by atoms with Crippen molar-refractivity contribution in [2.24, 2.45) is 47.3 Å². The molecule has 0 radical (unpaired) electrons. The Morgan fingerprint density at radius 3 is 1.29 bits per heavy atom. The van der Waals surface area contributed by atoms with Crippen LogP contribution in [-0.2, 0) is 97.7 Å². The Bertz CT molecular complexity index is 4340. The molecule has 0 aliphatic carbocycles. The van der Waals surface area contributed by atoms with E-state index in [1.54, 1.807) is 0 Å². The quantitative estimate of drug-likeness (QED) is 0.0135. The molecule has 2 amide bonds. The zero-order valence-electron chi connectivity index (χ0n) is 90.0. The van der Waals surface area contributed by atoms with Gasteiger partial charge in [0.15, 0.2) is 37.6 Å². The van der Waals surface area contributed by atoms with Crippen molar-refractivity contribution in [1.29, 1.82) is 5.26 Å². The molecular weight excluding hydrogens is 1840 g/mol. The van der Waals surface area contributed by atoms with Crippen molar-refractivity contribution < 1.29 is 89.7 Å². The van der Waals surface area contributed by atoms with Crippen LogP contribution in [0.15, 0.2) is 31.6 Å². The molecule has 138 heavy (non-hydrogen) atoms. The third-order valence-electron chi connectivity index (χ3n) is 28.1. The molecule has 4 aliphatic rings. The first-order valence-electron chi connectivity index (χ1n) is 51.0. The Kier molecular flexibility index (Phi) is 53.9. The smallest absolute Gasteiger partial charge is 0.328 e. The van der Waals surface area contributed by atoms with Crippen LogP contribution in [0.1, 0.15) is 314 Å². The molecule has 790 valence electrons. The maximum atomic E-state index is 13.7. The van der Waals surface area contributed by atoms with Crippen LogP contribution in [0.5, 0.6) is 0 Å². The van der Waals surface area contributed by atoms with E-state index in [2.05, 4.69) is 233 Å². The summed E-state index contributed by atoms with van der Waals surface area (Å²) in [6, 6.07) is 4.40. The number of aliphatic hydroxyl groups is 1. The number of unbranched alkanes of at least 4 members (excludes halogenated alkanes) is 2. The fourth-order valence-corrected chi connectivity index (χ4v) is 25.4. The molecule has 0 bridgehead atoms. The number of Topliss-reactive ketones (excluding diaryl/α,β-unsaturated/α-hetero) is 2. The third kappa shape index (κ3) is 38.7. The van der Waals surface area contributed by atoms with Crippen LogP contribution in [-0.4, -0.2) is 236 Å². The molecule has 2 aromatic rings. The number of aryl methyl sites for hydroxylation is 2. The number of hydrogen-bond acceptors (Lipinski definition) is 26. The van der Waals surface area contributed by atoms with Crippen molar-refractivity contribution in [1.82, 2.24) is 39.1 Å². The van der Waals surface area contributed by atoms with Crippen LogP contribution in [0.3, 0.4) is 0 Å². The van der Waals surface area contributed by atoms with E-state index in [-0.39, 0.29) is 162 Å². The molecule has 19 atom stereocenters. The molecule has 4 fully saturated rings. The van der Waals surface area contributed by atoms with E-state index in [0.717, 1.165) is 6.16 Å². The predicted molar refractivity (Wildman–Crippen MR) is 546 cm³/mol. The third-order valence-corrected chi connectivity index (χ3v) is 43.2. The summed E-state index contributed by atoms with van der Waals surface area (Å²) in [4.78, 5) is 134. The summed E-state index contributed by atoms with van der Waals surface area (Å²) in [6.07, 6.45) is 3.73. The van der Waals surface area contributed by atoms with Crippen molar-refractivity contribution in [2.75, 3.05) is 58.8 Å². The number of aliphatic hydroxyl groups excluding tert-OH is 1. The van der Waals surface area contributed by atoms with Crippen molar-refractivity contribution in [3.63, 3.8) is 0 Å². The number of nitrogens with one attached hydrogen (secondary N) is 4. The van der Waals surface area contributed by atoms with E-state index in [1.807, 2.05) is 13.8 Å². The van der Waals surface area contributed by atoms with Gasteiger partial charge in [-0.2, -0.15) is 5.26 Å². The average Bonchev–Trinajstić information content (AvgIpc) is 1.61. The first-order chi connectivity index (χ1) is 64.4. The molecular formula is C101H180N10O23P2Si2. The second kappa shape index (κ2) is 59.7. The lowest BCUT2D eigenvalue weighted by atomic mass is 9.79. The highest BCUT2D eigenvalue weighted by Gasteiger charge is 2.55. The highest BCUT2D eigenvalue weighted by atomic mass is 31.2. The lowest BCUT2D eigenvalue weighted by Crippen LogP contribution is -2.49. The number of ketones is 2. The Balaban J connectivity index is 0.000000491. The lowest BCUT2D eigenvalue weighted by Gasteiger charge is -2.47. The molecule has 37 heteroatoms. The van der Waals surface area contributed by atoms with Gasteiger partial charge in [-0.05, 0) is 179 Å². The topological polar surface area (TPSA) is 402 Å². The van der Waals surface area contributed by atoms with Crippen LogP contribution in [0.2, 0.25) is 36.3 Å². The normalized spacial score (nSPS) is 24.5. The van der Waals surface area contributed by atoms with Gasteiger partial charge in [0.1, 0.15) is 68.0 Å². The molecule has 6 heterocycles. The Labute approximate surface area is 829 Å². The first-order valence-corrected chi connectivity index (χ1v) is 59.5. The minimum Gasteiger partial charge on any atom is -0.463 e. The standard InChI is InChI=1S/C48H83N4O12PSi.C38H65N3O11Si.C15H32N3P/c1-16-38-42(63-65(60-27-24-49-13)44(30(2)3)31(4)5)43(64-66(14,15)48(10,11)12)41(61-38)37-28-52(47(57)51-45(37)56)25-22-40(55)50-23-19-21-36(54)20-17-18-26-58-46-34(8)32(6)33(7)39(62-46)29-59-35(9)53;1-11-29-32(45)34(52-53(9,10)38(6,7)8)33(50-29)28-21-41(37(47)40-35(28)46)19-17-31(44)39-18-14-16-27(43)15-12-13-20-48-36-25(4)23(2)24(3)30(51-36)22-49-26(5)42;1-12(2)17(13(3)4)19(11-9-10-16)18(14(5)6)15(7)8/h28,30-34,38-39,41-44,46H,16-27,29H2,1-12,14-15H3,(H,50,55)(H,51,56,57);21,23-25,29-30,32-34,36,45H,11-20,22H2,1-10H3,(H,39,44)(H,40,46,47);12-15H,9,11H2,1-8H3/t32?,33?,34?,38-,39?,41+,42+,43?,46?,65?;23?,24?,25?,29-,30?,32+,33+,34?,36?;/m11./s1. The van der Waals surface area contributed by atoms with Crippen LogP contribution in [0.4, 0.5) is 0 Å². The van der Waals surface area contributed by atoms with Gasteiger partial charge in [0, 0.05) is 167 Å². The van der Waals surface area contributed by atoms with Gasteiger partial charge in [0.2, 0.25) is 18.4 Å². The van der Waals surface area contributed by atoms with Gasteiger partial charge in [-0.3, -0.25) is 66.8 Å². The number of hydrogen-bond donors (Lipinski definition) is 5. The number of nitrogens with zero attached hydrogens (tertiary/aromatic N) is 6. The molecule has 6 rings (SSSR count). The number of nitriles is 1. The van der Waals surface area contributed by atoms with Gasteiger partial charge in [0.05, 0.1) is 41.6 Å². The van der Waals surface area contributed by atoms with E-state index in [4.69, 9.17) is 67.6 Å². The van der Waals surface area contributed by atoms with E-state index < -0.39 is 117 Å². The SMILES string of the molecule is CC(C)N(C(C)C)P(CCC#N)N(C(C)C)C(C)C.CC[C@H]1O[C@@H](c2cn(CCC(=O)NCCCC(=O)CCCCOC3OC(COC(C)=O)C(C)C(C)C3C)c(=O)[nH]c2=O)C(O[Si](C)(C)C(C)(C)C)[C@H]1O.[C-]#[N+]CCOP(O[C@@H]1C(O[Si](C)(C)C(C)(C)C)[C@H](c2cn(CCC(=O)NCCCC(=O)CCCCOC3OC(COC(C)=O)C(C)C(C)C3C)c(=O)[nH]c2=O)O[C@@H]1CC)C(C(C)C)C(C)C. The van der Waals surface area contributed by atoms with Crippen molar-refractivity contribution in [3.8, 4) is 6.07 Å². The molecule has 13 unspecified atom stereocenters. The molecule has 0 aromatic carbocycles. The van der Waals surface area contributed by atoms with Gasteiger partial charge in [-0.25, -0.2) is 16.2 Å². The number of amides is 2. The molecule has 5 N–H and O–H groups in total. The molecule has 4 saturated heterocycles. The molecule has 0 spiro atoms. The van der Waals surface area contributed by atoms with Crippen LogP contribution < -0.4 is 33.1 Å². The van der Waals surface area contributed by atoms with Gasteiger partial charge in [0.25, 0.3) is 11.1 Å². The second-order valence-corrected chi connectivity index (χ2v) is 56.2. The minimum absolute atomic E-state index is 0.00712. The van der Waals surface area contributed by atoms with Crippen LogP contribution in [0.25, 0.3) is 4.85 Å². The fourth-order valence-electron chi connectivity index (χ4n) is 17.6. The Hall–Kier alpha value is -5.67. The van der Waals surface area contributed by atoms with Gasteiger partial charge in [-0.15, -0.1) is 0 Å². The van der Waals surface area contributed by atoms with E-state index >= 15 is 0 Å². The Morgan fingerprint density at radius 2 is 0.928 bits per heavy atom. The largest absolute Gasteiger partial charge is 0.463 e. The zero-order valence-corrected chi connectivity index (χ0v) is 93.8. The number of rotatable bonds is 54. The molecule has 2 aromatic heterocycles. The Morgan fingerprint density at radius 1 is 0.543 bits per heavy atom. The average molecular weight is 2020 g/mol. The van der Waals surface area contributed by atoms with E-state index in [0.29, 0.717) is 146 Å². The van der Waals surface area contributed by atoms with Crippen LogP contribution >= 0.6 is 16.6 Å². The predicted octanol–water partition coefficient (Wildman–Crippen LogP) is 17.2. The number of ether oxygens (including phenoxy) is 8. The lowest BCUT2D eigenvalue weighted by molar-refractivity contribution is -0.255. The summed E-state index contributed by atoms with van der Waals surface area (Å²) in [5.74, 6) is 0.876. The number of carbonyl (C=O) groups excluding carboxylic acids is 6. The number of H-pyrrole nitrogens is 2. The highest BCUT2D eigenvalue weighted by Crippen LogP contribution is 2.56. The second-order valence-electron chi connectivity index (χ2n) is 42.9. The van der Waals surface area contributed by atoms with Gasteiger partial charge in [-0.1, -0.05) is 125 Å². The fraction of sp³-hybridized carbons (Fsp3) is 0.842. The van der Waals surface area contributed by atoms with E-state index in [1.165, 1.54) is 35.4 Å². The maximum absolute atomic E-state index is 13.7. The van der Waals surface area contributed by atoms with Crippen molar-refractivity contribution in [2.45, 2.75) is 443 Å². The minimum atomic E-state index is -2.51. The van der Waals surface area contributed by atoms with Gasteiger partial charge < -0.3 is 76.4 Å². The number of esters is 2. The summed E-state index contributed by atoms with van der Waals surface area (Å²) in [6.45, 7) is 76.9. The monoisotopic (exact) mass is 2020 g/mol. The van der Waals surface area contributed by atoms with Crippen LogP contribution in [0, 0.1) is 65.2 Å². The molecule has 4 aliphatic heterocycles. The summed E-state index contributed by atoms with van der Waals surface area (Å²) in [5.41, 5.74) is -2.07. The molecule has 0 saturated carbocycles. The summed E-state index contributed by atoms with van der Waals surface area (Å²) >= 11 is 0. The summed E-state index contributed by atoms with van der Waals surface area (Å²) in [5, 5.41) is 25.4. The van der Waals surface area contributed by atoms with E-state index in [9.17, 15) is 53.1 Å². The van der Waals surface area contributed by atoms with Gasteiger partial charge >= 0.3 is 23.3 Å². The maximum Gasteiger partial charge on any atom is 0.328 e. The molecule has 33 nitrogen and oxygen atoms in total. The van der Waals surface area contributed by atoms with Crippen molar-refractivity contribution in [3.05, 3.63) is 76.6 Å².